The zero-order chi connectivity index (χ0) is 43.8. The quantitative estimate of drug-likeness (QED) is 0.127. The molecule has 0 aliphatic heterocycles. The molecule has 0 N–H and O–H groups in total. The van der Waals surface area contributed by atoms with Gasteiger partial charge in [-0.05, 0) is 42.5 Å². The fourth-order valence-electron chi connectivity index (χ4n) is 7.46. The zero-order valence-electron chi connectivity index (χ0n) is 38.2. The van der Waals surface area contributed by atoms with Crippen LogP contribution in [0.2, 0.25) is 17.3 Å². The van der Waals surface area contributed by atoms with Gasteiger partial charge in [0.2, 0.25) is 0 Å². The summed E-state index contributed by atoms with van der Waals surface area (Å²) < 4.78 is 52.3. The van der Waals surface area contributed by atoms with Gasteiger partial charge in [0.05, 0.1) is 22.4 Å². The van der Waals surface area contributed by atoms with Crippen molar-refractivity contribution in [2.75, 3.05) is 0 Å². The van der Waals surface area contributed by atoms with E-state index in [0.717, 1.165) is 54.4 Å². The van der Waals surface area contributed by atoms with Crippen molar-refractivity contribution in [3.63, 3.8) is 0 Å². The van der Waals surface area contributed by atoms with Crippen molar-refractivity contribution in [2.24, 2.45) is 5.41 Å². The van der Waals surface area contributed by atoms with Gasteiger partial charge in [0.25, 0.3) is 0 Å². The van der Waals surface area contributed by atoms with E-state index in [1.54, 1.807) is 12.1 Å². The number of thiophene rings is 1. The molecule has 0 bridgehead atoms. The summed E-state index contributed by atoms with van der Waals surface area (Å²) in [5.41, 5.74) is 7.28. The van der Waals surface area contributed by atoms with E-state index in [4.69, 9.17) is 16.3 Å². The molecule has 0 spiro atoms. The number of para-hydroxylation sites is 3. The van der Waals surface area contributed by atoms with E-state index in [1.807, 2.05) is 74.7 Å². The molecule has 0 saturated carbocycles. The van der Waals surface area contributed by atoms with Crippen LogP contribution in [0, 0.1) is 24.4 Å². The predicted molar refractivity (Wildman–Crippen MR) is 245 cm³/mol. The van der Waals surface area contributed by atoms with Crippen molar-refractivity contribution < 1.29 is 31.4 Å². The third kappa shape index (κ3) is 7.71. The van der Waals surface area contributed by atoms with Crippen molar-refractivity contribution in [1.82, 2.24) is 14.5 Å². The maximum absolute atomic E-state index is 8.80. The van der Waals surface area contributed by atoms with Gasteiger partial charge in [-0.25, -0.2) is 0 Å². The molecule has 6 aromatic carbocycles. The standard InChI is InChI=1S/C31H17N2OS.C20H28GeN.Ir/c1-5-14-27-20(8-1)22-10-7-11-23(30(22)34-27)31-32-25-12-3-4-13-26(25)33(31)19-16-17-29-24(18-19)21-9-2-6-15-28(21)35-29;1-15-8-10-16(11-9-15)19-12-17(13-20(2,3)4)18(14-22-19)21(5,6)7;/h1-10,12-18H;8-10,12,14H,13H2,1-7H3;/q2*-1;/i;1D3,13D2;. The minimum Gasteiger partial charge on any atom is -0.501 e. The van der Waals surface area contributed by atoms with Gasteiger partial charge in [0.15, 0.2) is 0 Å². The molecular formula is C51H45GeIrN3OS-2. The molecule has 0 unspecified atom stereocenters. The summed E-state index contributed by atoms with van der Waals surface area (Å²) in [5, 5.41) is 4.72. The number of fused-ring (bicyclic) bond motifs is 7. The second-order valence-corrected chi connectivity index (χ2v) is 28.1. The number of pyridine rings is 1. The first kappa shape index (κ1) is 34.1. The van der Waals surface area contributed by atoms with Crippen molar-refractivity contribution in [3.05, 3.63) is 157 Å². The molecule has 0 saturated heterocycles. The average Bonchev–Trinajstić information content (AvgIpc) is 3.94. The van der Waals surface area contributed by atoms with E-state index < -0.39 is 31.9 Å². The summed E-state index contributed by atoms with van der Waals surface area (Å²) in [6.07, 6.45) is 0.303. The van der Waals surface area contributed by atoms with Crippen LogP contribution in [0.3, 0.4) is 0 Å². The van der Waals surface area contributed by atoms with E-state index in [0.29, 0.717) is 16.8 Å². The Morgan fingerprint density at radius 1 is 0.810 bits per heavy atom. The number of imidazole rings is 1. The predicted octanol–water partition coefficient (Wildman–Crippen LogP) is 13.7. The van der Waals surface area contributed by atoms with Crippen LogP contribution in [0.15, 0.2) is 138 Å². The fourth-order valence-corrected chi connectivity index (χ4v) is 11.5. The van der Waals surface area contributed by atoms with Gasteiger partial charge < -0.3 is 8.98 Å². The molecule has 0 atom stereocenters. The summed E-state index contributed by atoms with van der Waals surface area (Å²) in [6, 6.07) is 48.8. The minimum atomic E-state index is -2.36. The van der Waals surface area contributed by atoms with Crippen LogP contribution in [0.4, 0.5) is 0 Å². The topological polar surface area (TPSA) is 43.9 Å². The van der Waals surface area contributed by atoms with Crippen LogP contribution in [0.1, 0.15) is 38.8 Å². The van der Waals surface area contributed by atoms with Crippen LogP contribution in [-0.2, 0) is 26.5 Å². The first-order chi connectivity index (χ1) is 29.4. The van der Waals surface area contributed by atoms with Crippen LogP contribution >= 0.6 is 11.3 Å². The maximum atomic E-state index is 8.80. The smallest absolute Gasteiger partial charge is 0.120 e. The molecule has 10 rings (SSSR count). The van der Waals surface area contributed by atoms with Crippen molar-refractivity contribution in [2.45, 2.75) is 51.3 Å². The summed E-state index contributed by atoms with van der Waals surface area (Å²) in [6.45, 7) is 3.55. The molecule has 1 radical (unpaired) electrons. The molecular weight excluding hydrogens is 967 g/mol. The third-order valence-electron chi connectivity index (χ3n) is 10.1. The molecule has 4 aromatic heterocycles. The normalized spacial score (nSPS) is 13.7. The van der Waals surface area contributed by atoms with Gasteiger partial charge >= 0.3 is 145 Å². The fraction of sp³-hybridized carbons (Fsp3) is 0.176. The largest absolute Gasteiger partial charge is 0.501 e. The molecule has 0 aliphatic carbocycles. The molecule has 291 valence electrons. The van der Waals surface area contributed by atoms with Gasteiger partial charge in [-0.1, -0.05) is 59.5 Å². The van der Waals surface area contributed by atoms with Gasteiger partial charge in [0, 0.05) is 51.4 Å². The van der Waals surface area contributed by atoms with Gasteiger partial charge in [-0.2, -0.15) is 0 Å². The number of furan rings is 1. The molecule has 0 fully saturated rings. The number of benzene rings is 6. The Bertz CT molecular complexity index is 3300. The van der Waals surface area contributed by atoms with Crippen molar-refractivity contribution in [3.8, 4) is 28.3 Å². The number of nitrogens with zero attached hydrogens (tertiary/aromatic N) is 3. The average molecular weight is 1020 g/mol. The Labute approximate surface area is 367 Å². The van der Waals surface area contributed by atoms with Crippen LogP contribution in [0.25, 0.3) is 81.5 Å². The zero-order valence-corrected chi connectivity index (χ0v) is 38.5. The number of aromatic nitrogens is 3. The number of hydrogen-bond acceptors (Lipinski definition) is 4. The number of aryl methyl sites for hydroxylation is 1. The maximum Gasteiger partial charge on any atom is 0.120 e. The number of rotatable bonds is 5. The van der Waals surface area contributed by atoms with E-state index in [2.05, 4.69) is 112 Å². The van der Waals surface area contributed by atoms with Gasteiger partial charge in [-0.3, -0.25) is 4.98 Å². The second kappa shape index (κ2) is 15.7. The molecule has 58 heavy (non-hydrogen) atoms. The summed E-state index contributed by atoms with van der Waals surface area (Å²) in [7, 11) is 0. The first-order valence-corrected chi connectivity index (χ1v) is 27.3. The molecule has 7 heteroatoms. The van der Waals surface area contributed by atoms with E-state index in [1.165, 1.54) is 26.2 Å². The summed E-state index contributed by atoms with van der Waals surface area (Å²) in [4.78, 5) is 9.66. The molecule has 10 aromatic rings. The monoisotopic (exact) mass is 1020 g/mol. The Kier molecular flexibility index (Phi) is 9.23. The Balaban J connectivity index is 0.000000177. The van der Waals surface area contributed by atoms with E-state index in [9.17, 15) is 0 Å². The van der Waals surface area contributed by atoms with Crippen molar-refractivity contribution >= 4 is 82.1 Å². The van der Waals surface area contributed by atoms with Crippen LogP contribution in [-0.4, -0.2) is 27.8 Å². The summed E-state index contributed by atoms with van der Waals surface area (Å²) >= 11 is -0.526. The van der Waals surface area contributed by atoms with E-state index >= 15 is 0 Å². The first-order valence-electron chi connectivity index (χ1n) is 21.7. The van der Waals surface area contributed by atoms with Crippen molar-refractivity contribution in [1.29, 1.82) is 0 Å². The SMILES string of the molecule is [2H]C([2H])([2H])c1c[c-]c(-c2cc(C([2H])([2H])C(C)(C)C)[c]([Ge]([CH3])([CH3])[CH3])cn2)cc1.[Ir].[c-]1ccc2c(oc3ccccc32)c1-c1nc2ccccc2n1-c1ccc2sc3ccccc3c2c1. The van der Waals surface area contributed by atoms with Crippen LogP contribution in [0.5, 0.6) is 0 Å². The van der Waals surface area contributed by atoms with Crippen LogP contribution < -0.4 is 4.40 Å². The molecule has 4 heterocycles. The van der Waals surface area contributed by atoms with Gasteiger partial charge in [-0.15, -0.1) is 29.5 Å². The molecule has 0 amide bonds. The minimum absolute atomic E-state index is 0. The molecule has 0 aliphatic rings. The Morgan fingerprint density at radius 2 is 1.57 bits per heavy atom. The Morgan fingerprint density at radius 3 is 2.34 bits per heavy atom. The molecule has 4 nitrogen and oxygen atoms in total. The summed E-state index contributed by atoms with van der Waals surface area (Å²) in [5.74, 6) is 7.53. The number of hydrogen-bond donors (Lipinski definition) is 0. The van der Waals surface area contributed by atoms with Gasteiger partial charge in [0.1, 0.15) is 5.58 Å². The Hall–Kier alpha value is -4.85. The van der Waals surface area contributed by atoms with E-state index in [-0.39, 0.29) is 25.7 Å². The second-order valence-electron chi connectivity index (χ2n) is 16.5. The third-order valence-corrected chi connectivity index (χ3v) is 15.4.